The molecule has 2 rings (SSSR count). The van der Waals surface area contributed by atoms with E-state index < -0.39 is 12.1 Å². The molecule has 0 aromatic rings. The maximum absolute atomic E-state index is 11.9. The van der Waals surface area contributed by atoms with Crippen molar-refractivity contribution in [3.05, 3.63) is 41.0 Å². The SMILES string of the molecule is CCCCCCc1c2ccc(C(=O)NO)ccc-2c(OC(=O)OCC)c1C. The van der Waals surface area contributed by atoms with Gasteiger partial charge in [0.2, 0.25) is 0 Å². The molecule has 0 aromatic heterocycles. The van der Waals surface area contributed by atoms with Crippen molar-refractivity contribution >= 4 is 12.1 Å². The summed E-state index contributed by atoms with van der Waals surface area (Å²) in [6.07, 6.45) is 4.62. The van der Waals surface area contributed by atoms with Crippen LogP contribution in [0.25, 0.3) is 11.1 Å². The number of hydrogen-bond acceptors (Lipinski definition) is 5. The highest BCUT2D eigenvalue weighted by atomic mass is 16.7. The predicted molar refractivity (Wildman–Crippen MR) is 103 cm³/mol. The zero-order valence-electron chi connectivity index (χ0n) is 16.1. The highest BCUT2D eigenvalue weighted by Gasteiger charge is 2.23. The first kappa shape index (κ1) is 20.7. The third-order valence-electron chi connectivity index (χ3n) is 4.60. The van der Waals surface area contributed by atoms with Crippen LogP contribution in [0.4, 0.5) is 4.79 Å². The molecule has 1 amide bonds. The van der Waals surface area contributed by atoms with Crippen molar-refractivity contribution in [1.29, 1.82) is 0 Å². The van der Waals surface area contributed by atoms with Crippen molar-refractivity contribution in [3.63, 3.8) is 0 Å². The van der Waals surface area contributed by atoms with Crippen molar-refractivity contribution in [1.82, 2.24) is 5.48 Å². The Hall–Kier alpha value is -2.60. The molecule has 0 aliphatic heterocycles. The van der Waals surface area contributed by atoms with Crippen LogP contribution in [-0.2, 0) is 11.2 Å². The molecule has 0 aromatic carbocycles. The van der Waals surface area contributed by atoms with Gasteiger partial charge in [0, 0.05) is 11.1 Å². The molecule has 0 bridgehead atoms. The van der Waals surface area contributed by atoms with Crippen molar-refractivity contribution in [2.45, 2.75) is 52.9 Å². The average Bonchev–Trinajstić information content (AvgIpc) is 2.80. The van der Waals surface area contributed by atoms with Gasteiger partial charge in [0.1, 0.15) is 5.75 Å². The third kappa shape index (κ3) is 4.98. The highest BCUT2D eigenvalue weighted by Crippen LogP contribution is 2.43. The molecule has 0 atom stereocenters. The summed E-state index contributed by atoms with van der Waals surface area (Å²) in [7, 11) is 0. The lowest BCUT2D eigenvalue weighted by Crippen LogP contribution is -2.17. The number of unbranched alkanes of at least 4 members (excludes halogenated alkanes) is 3. The van der Waals surface area contributed by atoms with E-state index in [4.69, 9.17) is 14.7 Å². The van der Waals surface area contributed by atoms with Crippen LogP contribution in [0.1, 0.15) is 61.0 Å². The molecule has 2 N–H and O–H groups in total. The van der Waals surface area contributed by atoms with E-state index in [0.29, 0.717) is 11.3 Å². The molecule has 0 spiro atoms. The second kappa shape index (κ2) is 9.92. The summed E-state index contributed by atoms with van der Waals surface area (Å²) in [6, 6.07) is 6.81. The summed E-state index contributed by atoms with van der Waals surface area (Å²) < 4.78 is 10.4. The molecule has 146 valence electrons. The minimum absolute atomic E-state index is 0.231. The molecule has 27 heavy (non-hydrogen) atoms. The van der Waals surface area contributed by atoms with Crippen molar-refractivity contribution in [3.8, 4) is 16.9 Å². The number of ether oxygens (including phenoxy) is 2. The summed E-state index contributed by atoms with van der Waals surface area (Å²) in [5, 5.41) is 8.87. The lowest BCUT2D eigenvalue weighted by Gasteiger charge is -2.05. The number of rotatable bonds is 8. The van der Waals surface area contributed by atoms with Crippen LogP contribution in [0.3, 0.4) is 0 Å². The Balaban J connectivity index is 2.46. The second-order valence-electron chi connectivity index (χ2n) is 6.42. The highest BCUT2D eigenvalue weighted by molar-refractivity contribution is 5.94. The number of amides is 1. The molecular formula is C21H27NO5. The number of carbonyl (C=O) groups is 2. The van der Waals surface area contributed by atoms with Crippen LogP contribution in [0.2, 0.25) is 0 Å². The standard InChI is InChI=1S/C21H27NO5/c1-4-6-7-8-9-16-14(3)19(27-21(24)26-5-2)18-13-11-15(20(23)22-25)10-12-17(16)18/h10-13,25H,4-9H2,1-3H3,(H,22,23). The van der Waals surface area contributed by atoms with E-state index in [2.05, 4.69) is 6.92 Å². The minimum atomic E-state index is -0.745. The van der Waals surface area contributed by atoms with Crippen LogP contribution in [0, 0.1) is 6.92 Å². The van der Waals surface area contributed by atoms with Gasteiger partial charge in [-0.3, -0.25) is 10.0 Å². The van der Waals surface area contributed by atoms with Gasteiger partial charge in [0.15, 0.2) is 0 Å². The summed E-state index contributed by atoms with van der Waals surface area (Å²) >= 11 is 0. The largest absolute Gasteiger partial charge is 0.513 e. The van der Waals surface area contributed by atoms with Crippen LogP contribution >= 0.6 is 0 Å². The maximum atomic E-state index is 11.9. The van der Waals surface area contributed by atoms with E-state index in [-0.39, 0.29) is 6.61 Å². The Kier molecular flexibility index (Phi) is 7.61. The van der Waals surface area contributed by atoms with Gasteiger partial charge in [-0.05, 0) is 61.6 Å². The fraction of sp³-hybridized carbons (Fsp3) is 0.429. The zero-order chi connectivity index (χ0) is 19.8. The van der Waals surface area contributed by atoms with Crippen LogP contribution < -0.4 is 10.2 Å². The molecule has 0 saturated heterocycles. The van der Waals surface area contributed by atoms with Gasteiger partial charge in [0.05, 0.1) is 6.61 Å². The van der Waals surface area contributed by atoms with Crippen molar-refractivity contribution in [2.24, 2.45) is 0 Å². The van der Waals surface area contributed by atoms with Gasteiger partial charge in [0.25, 0.3) is 5.91 Å². The Bertz CT molecular complexity index is 772. The van der Waals surface area contributed by atoms with Crippen LogP contribution in [0.15, 0.2) is 24.3 Å². The first-order chi connectivity index (χ1) is 13.0. The first-order valence-electron chi connectivity index (χ1n) is 9.37. The average molecular weight is 373 g/mol. The number of hydroxylamine groups is 1. The summed E-state index contributed by atoms with van der Waals surface area (Å²) in [6.45, 7) is 6.05. The predicted octanol–water partition coefficient (Wildman–Crippen LogP) is 4.88. The summed E-state index contributed by atoms with van der Waals surface area (Å²) in [5.41, 5.74) is 5.63. The molecule has 0 radical (unpaired) electrons. The number of hydrogen-bond donors (Lipinski definition) is 2. The molecule has 0 fully saturated rings. The Morgan fingerprint density at radius 1 is 1.04 bits per heavy atom. The fourth-order valence-electron chi connectivity index (χ4n) is 3.21. The van der Waals surface area contributed by atoms with Gasteiger partial charge >= 0.3 is 6.16 Å². The zero-order valence-corrected chi connectivity index (χ0v) is 16.1. The fourth-order valence-corrected chi connectivity index (χ4v) is 3.21. The van der Waals surface area contributed by atoms with E-state index in [1.165, 1.54) is 6.42 Å². The first-order valence-corrected chi connectivity index (χ1v) is 9.37. The Morgan fingerprint density at radius 2 is 1.74 bits per heavy atom. The maximum Gasteiger partial charge on any atom is 0.513 e. The lowest BCUT2D eigenvalue weighted by atomic mass is 10.0. The smallest absolute Gasteiger partial charge is 0.434 e. The van der Waals surface area contributed by atoms with Crippen LogP contribution in [-0.4, -0.2) is 23.9 Å². The molecule has 2 aliphatic carbocycles. The minimum Gasteiger partial charge on any atom is -0.434 e. The number of fused-ring (bicyclic) bond motifs is 1. The molecule has 0 unspecified atom stereocenters. The summed E-state index contributed by atoms with van der Waals surface area (Å²) in [4.78, 5) is 23.6. The van der Waals surface area contributed by atoms with Gasteiger partial charge in [-0.2, -0.15) is 0 Å². The molecule has 2 aliphatic rings. The van der Waals surface area contributed by atoms with Gasteiger partial charge in [-0.25, -0.2) is 10.3 Å². The van der Waals surface area contributed by atoms with Gasteiger partial charge in [-0.15, -0.1) is 0 Å². The molecule has 0 heterocycles. The number of carbonyl (C=O) groups excluding carboxylic acids is 2. The van der Waals surface area contributed by atoms with Gasteiger partial charge < -0.3 is 9.47 Å². The van der Waals surface area contributed by atoms with E-state index in [9.17, 15) is 9.59 Å². The molecule has 0 saturated carbocycles. The number of nitrogens with one attached hydrogen (secondary N) is 1. The molecule has 6 heteroatoms. The second-order valence-corrected chi connectivity index (χ2v) is 6.42. The van der Waals surface area contributed by atoms with E-state index in [0.717, 1.165) is 47.9 Å². The summed E-state index contributed by atoms with van der Waals surface area (Å²) in [5.74, 6) is -0.137. The Morgan fingerprint density at radius 3 is 2.37 bits per heavy atom. The normalized spacial score (nSPS) is 10.7. The third-order valence-corrected chi connectivity index (χ3v) is 4.60. The Labute approximate surface area is 159 Å². The lowest BCUT2D eigenvalue weighted by molar-refractivity contribution is 0.0706. The van der Waals surface area contributed by atoms with Gasteiger partial charge in [-0.1, -0.05) is 32.3 Å². The van der Waals surface area contributed by atoms with E-state index in [1.54, 1.807) is 30.6 Å². The van der Waals surface area contributed by atoms with Crippen LogP contribution in [0.5, 0.6) is 5.75 Å². The van der Waals surface area contributed by atoms with E-state index >= 15 is 0 Å². The van der Waals surface area contributed by atoms with E-state index in [1.807, 2.05) is 13.0 Å². The quantitative estimate of drug-likeness (QED) is 0.298. The molecule has 6 nitrogen and oxygen atoms in total. The monoisotopic (exact) mass is 373 g/mol. The van der Waals surface area contributed by atoms with Crippen molar-refractivity contribution in [2.75, 3.05) is 6.61 Å². The van der Waals surface area contributed by atoms with Crippen molar-refractivity contribution < 1.29 is 24.3 Å². The topological polar surface area (TPSA) is 84.9 Å². The molecular weight excluding hydrogens is 346 g/mol.